The summed E-state index contributed by atoms with van der Waals surface area (Å²) in [5.41, 5.74) is 6.54. The molecule has 0 atom stereocenters. The van der Waals surface area contributed by atoms with Gasteiger partial charge in [0.25, 0.3) is 11.8 Å². The van der Waals surface area contributed by atoms with Crippen LogP contribution in [-0.4, -0.2) is 47.8 Å². The first-order valence-electron chi connectivity index (χ1n) is 7.70. The van der Waals surface area contributed by atoms with Crippen LogP contribution in [-0.2, 0) is 6.54 Å². The molecule has 2 amide bonds. The number of piperazine rings is 1. The highest BCUT2D eigenvalue weighted by atomic mass is 35.5. The third kappa shape index (κ3) is 4.34. The van der Waals surface area contributed by atoms with E-state index in [0.717, 1.165) is 0 Å². The lowest BCUT2D eigenvalue weighted by molar-refractivity contribution is 0.0535. The lowest BCUT2D eigenvalue weighted by Crippen LogP contribution is -2.50. The molecule has 0 radical (unpaired) electrons. The number of furan rings is 1. The van der Waals surface area contributed by atoms with Crippen molar-refractivity contribution >= 4 is 35.8 Å². The summed E-state index contributed by atoms with van der Waals surface area (Å²) in [5.74, 6) is 0.403. The maximum absolute atomic E-state index is 12.5. The number of amides is 2. The van der Waals surface area contributed by atoms with Gasteiger partial charge in [-0.1, -0.05) is 17.7 Å². The molecule has 134 valence electrons. The molecule has 1 aromatic heterocycles. The molecule has 25 heavy (non-hydrogen) atoms. The Hall–Kier alpha value is -2.02. The number of carbonyl (C=O) groups excluding carboxylic acids is 2. The summed E-state index contributed by atoms with van der Waals surface area (Å²) < 4.78 is 5.20. The summed E-state index contributed by atoms with van der Waals surface area (Å²) >= 11 is 5.93. The van der Waals surface area contributed by atoms with Gasteiger partial charge in [0.15, 0.2) is 0 Å². The molecule has 0 bridgehead atoms. The second kappa shape index (κ2) is 8.38. The normalized spacial score (nSPS) is 14.2. The van der Waals surface area contributed by atoms with E-state index >= 15 is 0 Å². The van der Waals surface area contributed by atoms with Gasteiger partial charge in [0, 0.05) is 36.8 Å². The van der Waals surface area contributed by atoms with E-state index in [1.807, 2.05) is 0 Å². The Morgan fingerprint density at radius 3 is 2.16 bits per heavy atom. The summed E-state index contributed by atoms with van der Waals surface area (Å²) in [4.78, 5) is 28.3. The van der Waals surface area contributed by atoms with Crippen molar-refractivity contribution < 1.29 is 14.0 Å². The zero-order valence-corrected chi connectivity index (χ0v) is 15.1. The Balaban J connectivity index is 0.00000225. The van der Waals surface area contributed by atoms with Gasteiger partial charge in [0.1, 0.15) is 12.0 Å². The monoisotopic (exact) mass is 383 g/mol. The Kier molecular flexibility index (Phi) is 6.47. The van der Waals surface area contributed by atoms with Gasteiger partial charge in [0.2, 0.25) is 0 Å². The minimum atomic E-state index is -0.103. The van der Waals surface area contributed by atoms with Crippen molar-refractivity contribution in [2.75, 3.05) is 26.2 Å². The Morgan fingerprint density at radius 2 is 1.64 bits per heavy atom. The fraction of sp³-hybridized carbons (Fsp3) is 0.294. The Labute approximate surface area is 156 Å². The summed E-state index contributed by atoms with van der Waals surface area (Å²) in [6, 6.07) is 8.54. The number of hydrogen-bond donors (Lipinski definition) is 1. The smallest absolute Gasteiger partial charge is 0.257 e. The second-order valence-electron chi connectivity index (χ2n) is 5.60. The van der Waals surface area contributed by atoms with Crippen LogP contribution in [0.4, 0.5) is 0 Å². The molecular formula is C17H19Cl2N3O3. The molecule has 0 saturated carbocycles. The van der Waals surface area contributed by atoms with Gasteiger partial charge in [-0.2, -0.15) is 0 Å². The molecule has 1 saturated heterocycles. The first kappa shape index (κ1) is 19.3. The molecule has 1 aromatic carbocycles. The SMILES string of the molecule is Cl.NCc1cc(C(=O)N2CCN(C(=O)c3cccc(Cl)c3)CC2)co1. The molecule has 0 aliphatic carbocycles. The van der Waals surface area contributed by atoms with Crippen LogP contribution in [0.2, 0.25) is 5.02 Å². The molecule has 1 fully saturated rings. The number of nitrogens with two attached hydrogens (primary N) is 1. The first-order chi connectivity index (χ1) is 11.6. The minimum Gasteiger partial charge on any atom is -0.467 e. The molecule has 3 rings (SSSR count). The van der Waals surface area contributed by atoms with E-state index < -0.39 is 0 Å². The lowest BCUT2D eigenvalue weighted by atomic mass is 10.1. The van der Waals surface area contributed by atoms with Crippen molar-refractivity contribution in [1.29, 1.82) is 0 Å². The zero-order chi connectivity index (χ0) is 17.1. The van der Waals surface area contributed by atoms with Gasteiger partial charge in [-0.3, -0.25) is 9.59 Å². The first-order valence-corrected chi connectivity index (χ1v) is 8.08. The molecule has 0 unspecified atom stereocenters. The highest BCUT2D eigenvalue weighted by Crippen LogP contribution is 2.16. The molecule has 2 heterocycles. The second-order valence-corrected chi connectivity index (χ2v) is 6.04. The van der Waals surface area contributed by atoms with E-state index in [9.17, 15) is 9.59 Å². The Bertz CT molecular complexity index is 755. The highest BCUT2D eigenvalue weighted by molar-refractivity contribution is 6.30. The third-order valence-corrected chi connectivity index (χ3v) is 4.26. The van der Waals surface area contributed by atoms with Crippen LogP contribution in [0.15, 0.2) is 41.0 Å². The quantitative estimate of drug-likeness (QED) is 0.882. The fourth-order valence-electron chi connectivity index (χ4n) is 2.70. The summed E-state index contributed by atoms with van der Waals surface area (Å²) in [6.45, 7) is 2.19. The van der Waals surface area contributed by atoms with Crippen LogP contribution in [0.1, 0.15) is 26.5 Å². The molecule has 1 aliphatic heterocycles. The largest absolute Gasteiger partial charge is 0.467 e. The summed E-state index contributed by atoms with van der Waals surface area (Å²) in [6.07, 6.45) is 1.42. The van der Waals surface area contributed by atoms with E-state index in [0.29, 0.717) is 48.1 Å². The standard InChI is InChI=1S/C17H18ClN3O3.ClH/c18-14-3-1-2-12(8-14)16(22)20-4-6-21(7-5-20)17(23)13-9-15(10-19)24-11-13;/h1-3,8-9,11H,4-7,10,19H2;1H. The predicted octanol–water partition coefficient (Wildman–Crippen LogP) is 2.41. The van der Waals surface area contributed by atoms with Crippen molar-refractivity contribution in [2.24, 2.45) is 5.73 Å². The van der Waals surface area contributed by atoms with Gasteiger partial charge in [-0.15, -0.1) is 12.4 Å². The van der Waals surface area contributed by atoms with Crippen molar-refractivity contribution in [3.8, 4) is 0 Å². The molecular weight excluding hydrogens is 365 g/mol. The lowest BCUT2D eigenvalue weighted by Gasteiger charge is -2.34. The molecule has 2 N–H and O–H groups in total. The van der Waals surface area contributed by atoms with Crippen LogP contribution in [0.3, 0.4) is 0 Å². The minimum absolute atomic E-state index is 0. The van der Waals surface area contributed by atoms with Crippen LogP contribution in [0.5, 0.6) is 0 Å². The van der Waals surface area contributed by atoms with E-state index in [4.69, 9.17) is 21.8 Å². The van der Waals surface area contributed by atoms with Crippen molar-refractivity contribution in [2.45, 2.75) is 6.54 Å². The van der Waals surface area contributed by atoms with Gasteiger partial charge in [-0.05, 0) is 24.3 Å². The topological polar surface area (TPSA) is 79.8 Å². The van der Waals surface area contributed by atoms with Crippen LogP contribution in [0, 0.1) is 0 Å². The molecule has 6 nitrogen and oxygen atoms in total. The van der Waals surface area contributed by atoms with E-state index in [1.54, 1.807) is 40.1 Å². The van der Waals surface area contributed by atoms with Crippen molar-refractivity contribution in [1.82, 2.24) is 9.80 Å². The van der Waals surface area contributed by atoms with Gasteiger partial charge < -0.3 is 20.0 Å². The number of benzene rings is 1. The Morgan fingerprint density at radius 1 is 1.04 bits per heavy atom. The van der Waals surface area contributed by atoms with E-state index in [-0.39, 0.29) is 30.8 Å². The number of carbonyl (C=O) groups is 2. The zero-order valence-electron chi connectivity index (χ0n) is 13.5. The molecule has 0 spiro atoms. The summed E-state index contributed by atoms with van der Waals surface area (Å²) in [5, 5.41) is 0.533. The van der Waals surface area contributed by atoms with Crippen molar-refractivity contribution in [3.05, 3.63) is 58.5 Å². The number of nitrogens with zero attached hydrogens (tertiary/aromatic N) is 2. The highest BCUT2D eigenvalue weighted by Gasteiger charge is 2.26. The van der Waals surface area contributed by atoms with Gasteiger partial charge >= 0.3 is 0 Å². The predicted molar refractivity (Wildman–Crippen MR) is 97.1 cm³/mol. The average molecular weight is 384 g/mol. The van der Waals surface area contributed by atoms with Crippen LogP contribution >= 0.6 is 24.0 Å². The molecule has 2 aromatic rings. The molecule has 1 aliphatic rings. The van der Waals surface area contributed by atoms with E-state index in [2.05, 4.69) is 0 Å². The molecule has 8 heteroatoms. The van der Waals surface area contributed by atoms with E-state index in [1.165, 1.54) is 6.26 Å². The van der Waals surface area contributed by atoms with Crippen molar-refractivity contribution in [3.63, 3.8) is 0 Å². The fourth-order valence-corrected chi connectivity index (χ4v) is 2.89. The summed E-state index contributed by atoms with van der Waals surface area (Å²) in [7, 11) is 0. The van der Waals surface area contributed by atoms with Gasteiger partial charge in [0.05, 0.1) is 12.1 Å². The van der Waals surface area contributed by atoms with Gasteiger partial charge in [-0.25, -0.2) is 0 Å². The maximum Gasteiger partial charge on any atom is 0.257 e. The van der Waals surface area contributed by atoms with Crippen LogP contribution in [0.25, 0.3) is 0 Å². The van der Waals surface area contributed by atoms with Crippen LogP contribution < -0.4 is 5.73 Å². The number of rotatable bonds is 3. The maximum atomic E-state index is 12.5. The number of hydrogen-bond acceptors (Lipinski definition) is 4. The number of halogens is 2. The average Bonchev–Trinajstić information content (AvgIpc) is 3.10. The third-order valence-electron chi connectivity index (χ3n) is 4.03.